The first-order chi connectivity index (χ1) is 11.0. The maximum Gasteiger partial charge on any atom is 0.222 e. The van der Waals surface area contributed by atoms with Crippen molar-refractivity contribution in [2.24, 2.45) is 0 Å². The lowest BCUT2D eigenvalue weighted by Crippen LogP contribution is -2.07. The van der Waals surface area contributed by atoms with Gasteiger partial charge in [0, 0.05) is 41.4 Å². The number of hydrogen-bond donors (Lipinski definition) is 2. The van der Waals surface area contributed by atoms with Gasteiger partial charge >= 0.3 is 0 Å². The van der Waals surface area contributed by atoms with Crippen LogP contribution in [0.3, 0.4) is 0 Å². The molecule has 0 radical (unpaired) electrons. The van der Waals surface area contributed by atoms with Gasteiger partial charge in [0.2, 0.25) is 5.91 Å². The minimum Gasteiger partial charge on any atom is -0.396 e. The van der Waals surface area contributed by atoms with Crippen LogP contribution in [0.1, 0.15) is 12.6 Å². The number of amides is 1. The van der Waals surface area contributed by atoms with Gasteiger partial charge in [0.05, 0.1) is 11.2 Å². The molecule has 0 unspecified atom stereocenters. The highest BCUT2D eigenvalue weighted by Gasteiger charge is 2.13. The molecular formula is C17H15FN4O. The van der Waals surface area contributed by atoms with E-state index in [1.165, 1.54) is 13.0 Å². The van der Waals surface area contributed by atoms with E-state index in [1.54, 1.807) is 31.3 Å². The first kappa shape index (κ1) is 14.9. The van der Waals surface area contributed by atoms with Gasteiger partial charge in [-0.1, -0.05) is 12.1 Å². The summed E-state index contributed by atoms with van der Waals surface area (Å²) in [6.07, 6.45) is 1.60. The van der Waals surface area contributed by atoms with E-state index in [0.717, 1.165) is 5.39 Å². The van der Waals surface area contributed by atoms with Gasteiger partial charge in [-0.05, 0) is 19.1 Å². The lowest BCUT2D eigenvalue weighted by Gasteiger charge is -2.10. The van der Waals surface area contributed by atoms with Crippen LogP contribution in [0.4, 0.5) is 15.9 Å². The third-order valence-electron chi connectivity index (χ3n) is 3.51. The number of pyridine rings is 2. The van der Waals surface area contributed by atoms with E-state index in [4.69, 9.17) is 5.73 Å². The number of halogens is 1. The second-order valence-electron chi connectivity index (χ2n) is 5.27. The van der Waals surface area contributed by atoms with E-state index >= 15 is 0 Å². The first-order valence-electron chi connectivity index (χ1n) is 7.05. The smallest absolute Gasteiger partial charge is 0.222 e. The molecule has 0 spiro atoms. The van der Waals surface area contributed by atoms with Gasteiger partial charge in [0.1, 0.15) is 5.82 Å². The molecule has 2 heterocycles. The molecule has 0 saturated carbocycles. The molecule has 6 heteroatoms. The Hall–Kier alpha value is -3.02. The van der Waals surface area contributed by atoms with Crippen molar-refractivity contribution >= 4 is 28.3 Å². The molecule has 23 heavy (non-hydrogen) atoms. The molecule has 3 rings (SSSR count). The number of rotatable bonds is 2. The lowest BCUT2D eigenvalue weighted by atomic mass is 10.0. The van der Waals surface area contributed by atoms with Gasteiger partial charge < -0.3 is 11.1 Å². The number of anilines is 2. The van der Waals surface area contributed by atoms with Crippen molar-refractivity contribution in [3.8, 4) is 11.1 Å². The number of fused-ring (bicyclic) bond motifs is 1. The van der Waals surface area contributed by atoms with Crippen LogP contribution >= 0.6 is 0 Å². The standard InChI is InChI=1S/C17H15FN4O/c1-9-13(12-4-3-5-14(19)17(12)18)6-11-8-20-16(22-10(2)23)7-15(11)21-9/h3-8H,19H2,1-2H3,(H,20,22,23). The minimum absolute atomic E-state index is 0.0983. The highest BCUT2D eigenvalue weighted by molar-refractivity contribution is 5.91. The molecule has 0 atom stereocenters. The van der Waals surface area contributed by atoms with Crippen molar-refractivity contribution in [1.82, 2.24) is 9.97 Å². The molecule has 0 bridgehead atoms. The summed E-state index contributed by atoms with van der Waals surface area (Å²) in [5.74, 6) is -0.230. The molecule has 0 saturated heterocycles. The number of nitrogens with zero attached hydrogens (tertiary/aromatic N) is 2. The monoisotopic (exact) mass is 310 g/mol. The van der Waals surface area contributed by atoms with E-state index in [0.29, 0.717) is 28.2 Å². The fourth-order valence-electron chi connectivity index (χ4n) is 2.44. The third kappa shape index (κ3) is 2.83. The number of aryl methyl sites for hydroxylation is 1. The molecule has 0 aliphatic heterocycles. The summed E-state index contributed by atoms with van der Waals surface area (Å²) in [5.41, 5.74) is 8.15. The van der Waals surface area contributed by atoms with Gasteiger partial charge in [-0.2, -0.15) is 0 Å². The Morgan fingerprint density at radius 1 is 1.26 bits per heavy atom. The van der Waals surface area contributed by atoms with Crippen molar-refractivity contribution in [2.75, 3.05) is 11.1 Å². The molecule has 3 N–H and O–H groups in total. The van der Waals surface area contributed by atoms with Crippen LogP contribution in [0.2, 0.25) is 0 Å². The number of aromatic nitrogens is 2. The molecule has 0 aliphatic carbocycles. The van der Waals surface area contributed by atoms with Crippen LogP contribution in [0.15, 0.2) is 36.5 Å². The summed E-state index contributed by atoms with van der Waals surface area (Å²) in [6, 6.07) is 8.39. The van der Waals surface area contributed by atoms with Crippen molar-refractivity contribution in [1.29, 1.82) is 0 Å². The molecule has 3 aromatic rings. The van der Waals surface area contributed by atoms with Gasteiger partial charge in [0.25, 0.3) is 0 Å². The van der Waals surface area contributed by atoms with Gasteiger partial charge in [0.15, 0.2) is 5.82 Å². The Balaban J connectivity index is 2.15. The molecule has 1 amide bonds. The number of carbonyl (C=O) groups excluding carboxylic acids is 1. The lowest BCUT2D eigenvalue weighted by molar-refractivity contribution is -0.114. The fraction of sp³-hybridized carbons (Fsp3) is 0.118. The van der Waals surface area contributed by atoms with E-state index in [-0.39, 0.29) is 11.6 Å². The zero-order chi connectivity index (χ0) is 16.6. The Labute approximate surface area is 132 Å². The van der Waals surface area contributed by atoms with Crippen molar-refractivity contribution in [2.45, 2.75) is 13.8 Å². The Bertz CT molecular complexity index is 924. The summed E-state index contributed by atoms with van der Waals surface area (Å²) in [4.78, 5) is 19.8. The molecule has 5 nitrogen and oxygen atoms in total. The summed E-state index contributed by atoms with van der Waals surface area (Å²) in [7, 11) is 0. The topological polar surface area (TPSA) is 80.9 Å². The van der Waals surface area contributed by atoms with Crippen LogP contribution < -0.4 is 11.1 Å². The first-order valence-corrected chi connectivity index (χ1v) is 7.05. The average molecular weight is 310 g/mol. The van der Waals surface area contributed by atoms with Crippen LogP contribution in [0, 0.1) is 12.7 Å². The normalized spacial score (nSPS) is 10.7. The average Bonchev–Trinajstić information content (AvgIpc) is 2.49. The van der Waals surface area contributed by atoms with Crippen LogP contribution in [-0.4, -0.2) is 15.9 Å². The fourth-order valence-corrected chi connectivity index (χ4v) is 2.44. The van der Waals surface area contributed by atoms with Crippen LogP contribution in [0.25, 0.3) is 22.0 Å². The highest BCUT2D eigenvalue weighted by atomic mass is 19.1. The van der Waals surface area contributed by atoms with Crippen molar-refractivity contribution < 1.29 is 9.18 Å². The van der Waals surface area contributed by atoms with Crippen molar-refractivity contribution in [3.05, 3.63) is 48.0 Å². The third-order valence-corrected chi connectivity index (χ3v) is 3.51. The highest BCUT2D eigenvalue weighted by Crippen LogP contribution is 2.30. The number of hydrogen-bond acceptors (Lipinski definition) is 4. The quantitative estimate of drug-likeness (QED) is 0.712. The minimum atomic E-state index is -0.459. The molecule has 2 aromatic heterocycles. The van der Waals surface area contributed by atoms with Gasteiger partial charge in [-0.15, -0.1) is 0 Å². The second-order valence-corrected chi connectivity index (χ2v) is 5.27. The summed E-state index contributed by atoms with van der Waals surface area (Å²) < 4.78 is 14.3. The maximum absolute atomic E-state index is 14.3. The molecule has 0 aliphatic rings. The number of nitrogens with two attached hydrogens (primary N) is 1. The molecule has 116 valence electrons. The van der Waals surface area contributed by atoms with Crippen molar-refractivity contribution in [3.63, 3.8) is 0 Å². The van der Waals surface area contributed by atoms with E-state index < -0.39 is 5.82 Å². The van der Waals surface area contributed by atoms with E-state index in [2.05, 4.69) is 15.3 Å². The number of carbonyl (C=O) groups is 1. The maximum atomic E-state index is 14.3. The Kier molecular flexibility index (Phi) is 3.65. The number of benzene rings is 1. The zero-order valence-corrected chi connectivity index (χ0v) is 12.7. The van der Waals surface area contributed by atoms with Crippen LogP contribution in [0.5, 0.6) is 0 Å². The molecule has 0 fully saturated rings. The van der Waals surface area contributed by atoms with E-state index in [1.807, 2.05) is 6.07 Å². The summed E-state index contributed by atoms with van der Waals surface area (Å²) >= 11 is 0. The van der Waals surface area contributed by atoms with Gasteiger partial charge in [-0.25, -0.2) is 9.37 Å². The molecular weight excluding hydrogens is 295 g/mol. The SMILES string of the molecule is CC(=O)Nc1cc2nc(C)c(-c3cccc(N)c3F)cc2cn1. The second kappa shape index (κ2) is 5.64. The largest absolute Gasteiger partial charge is 0.396 e. The van der Waals surface area contributed by atoms with Gasteiger partial charge in [-0.3, -0.25) is 9.78 Å². The number of nitrogens with one attached hydrogen (secondary N) is 1. The number of nitrogen functional groups attached to an aromatic ring is 1. The van der Waals surface area contributed by atoms with E-state index in [9.17, 15) is 9.18 Å². The molecule has 1 aromatic carbocycles. The predicted octanol–water partition coefficient (Wildman–Crippen LogP) is 3.28. The Morgan fingerprint density at radius 3 is 2.78 bits per heavy atom. The predicted molar refractivity (Wildman–Crippen MR) is 88.4 cm³/mol. The summed E-state index contributed by atoms with van der Waals surface area (Å²) in [6.45, 7) is 3.21. The van der Waals surface area contributed by atoms with Crippen LogP contribution in [-0.2, 0) is 4.79 Å². The summed E-state index contributed by atoms with van der Waals surface area (Å²) in [5, 5.41) is 3.36. The zero-order valence-electron chi connectivity index (χ0n) is 12.7. The Morgan fingerprint density at radius 2 is 2.04 bits per heavy atom.